The second kappa shape index (κ2) is 5.40. The average Bonchev–Trinajstić information content (AvgIpc) is 2.97. The molecule has 1 heterocycles. The molecule has 110 valence electrons. The Bertz CT molecular complexity index is 855. The Balaban J connectivity index is 2.03. The van der Waals surface area contributed by atoms with E-state index in [-0.39, 0.29) is 11.6 Å². The summed E-state index contributed by atoms with van der Waals surface area (Å²) in [7, 11) is 0. The van der Waals surface area contributed by atoms with Gasteiger partial charge in [-0.1, -0.05) is 24.3 Å². The molecule has 22 heavy (non-hydrogen) atoms. The van der Waals surface area contributed by atoms with Gasteiger partial charge in [-0.25, -0.2) is 0 Å². The number of nitrogens with zero attached hydrogens (tertiary/aromatic N) is 3. The zero-order chi connectivity index (χ0) is 15.7. The van der Waals surface area contributed by atoms with Gasteiger partial charge in [0.15, 0.2) is 0 Å². The zero-order valence-corrected chi connectivity index (χ0v) is 12.1. The first-order valence-corrected chi connectivity index (χ1v) is 6.71. The van der Waals surface area contributed by atoms with Crippen molar-refractivity contribution < 1.29 is 9.34 Å². The minimum Gasteiger partial charge on any atom is -0.416 e. The second-order valence-corrected chi connectivity index (χ2v) is 4.99. The summed E-state index contributed by atoms with van der Waals surface area (Å²) in [5, 5.41) is 19.0. The summed E-state index contributed by atoms with van der Waals surface area (Å²) in [4.78, 5) is 10.6. The molecule has 0 atom stereocenters. The van der Waals surface area contributed by atoms with Gasteiger partial charge in [-0.3, -0.25) is 10.1 Å². The molecule has 0 saturated carbocycles. The molecular weight excluding hydrogens is 282 g/mol. The molecule has 0 aliphatic carbocycles. The van der Waals surface area contributed by atoms with Gasteiger partial charge in [0, 0.05) is 22.8 Å². The maximum Gasteiger partial charge on any atom is 0.273 e. The largest absolute Gasteiger partial charge is 0.416 e. The Morgan fingerprint density at radius 1 is 1.00 bits per heavy atom. The lowest BCUT2D eigenvalue weighted by Crippen LogP contribution is -1.92. The first-order chi connectivity index (χ1) is 10.6. The summed E-state index contributed by atoms with van der Waals surface area (Å²) < 4.78 is 5.67. The van der Waals surface area contributed by atoms with Crippen LogP contribution in [0.1, 0.15) is 11.1 Å². The normalized spacial score (nSPS) is 10.6. The van der Waals surface area contributed by atoms with Crippen molar-refractivity contribution in [3.8, 4) is 22.9 Å². The number of hydrogen-bond acceptors (Lipinski definition) is 5. The van der Waals surface area contributed by atoms with Gasteiger partial charge in [-0.05, 0) is 31.5 Å². The van der Waals surface area contributed by atoms with E-state index in [0.29, 0.717) is 17.0 Å². The van der Waals surface area contributed by atoms with E-state index in [4.69, 9.17) is 4.42 Å². The van der Waals surface area contributed by atoms with Crippen LogP contribution in [0.2, 0.25) is 0 Å². The molecule has 6 nitrogen and oxygen atoms in total. The maximum absolute atomic E-state index is 11.0. The third kappa shape index (κ3) is 2.46. The van der Waals surface area contributed by atoms with Crippen LogP contribution in [0.15, 0.2) is 46.9 Å². The smallest absolute Gasteiger partial charge is 0.273 e. The molecule has 0 aliphatic rings. The Morgan fingerprint density at radius 3 is 2.45 bits per heavy atom. The zero-order valence-electron chi connectivity index (χ0n) is 12.1. The number of nitro groups is 1. The topological polar surface area (TPSA) is 82.1 Å². The molecule has 6 heteroatoms. The molecule has 1 aromatic heterocycles. The Hall–Kier alpha value is -3.02. The van der Waals surface area contributed by atoms with Crippen LogP contribution in [-0.2, 0) is 0 Å². The lowest BCUT2D eigenvalue weighted by molar-refractivity contribution is -0.385. The summed E-state index contributed by atoms with van der Waals surface area (Å²) in [5.41, 5.74) is 3.03. The number of aromatic nitrogens is 2. The van der Waals surface area contributed by atoms with E-state index in [9.17, 15) is 10.1 Å². The quantitative estimate of drug-likeness (QED) is 0.540. The first-order valence-electron chi connectivity index (χ1n) is 6.71. The van der Waals surface area contributed by atoms with E-state index in [1.807, 2.05) is 31.2 Å². The lowest BCUT2D eigenvalue weighted by Gasteiger charge is -2.00. The van der Waals surface area contributed by atoms with Crippen molar-refractivity contribution in [3.63, 3.8) is 0 Å². The summed E-state index contributed by atoms with van der Waals surface area (Å²) >= 11 is 0. The molecule has 0 bridgehead atoms. The van der Waals surface area contributed by atoms with Crippen molar-refractivity contribution in [1.29, 1.82) is 0 Å². The highest BCUT2D eigenvalue weighted by Crippen LogP contribution is 2.29. The number of nitro benzene ring substituents is 1. The van der Waals surface area contributed by atoms with Crippen molar-refractivity contribution in [3.05, 3.63) is 63.7 Å². The van der Waals surface area contributed by atoms with Crippen LogP contribution in [0.3, 0.4) is 0 Å². The van der Waals surface area contributed by atoms with Crippen LogP contribution in [0.25, 0.3) is 22.9 Å². The molecule has 0 N–H and O–H groups in total. The van der Waals surface area contributed by atoms with Crippen molar-refractivity contribution >= 4 is 5.69 Å². The fraction of sp³-hybridized carbons (Fsp3) is 0.125. The standard InChI is InChI=1S/C16H13N3O3/c1-10-5-3-4-6-13(10)16-18-17-15(22-16)12-8-7-11(2)14(9-12)19(20)21/h3-9H,1-2H3. The summed E-state index contributed by atoms with van der Waals surface area (Å²) in [6, 6.07) is 12.5. The van der Waals surface area contributed by atoms with E-state index in [1.165, 1.54) is 6.07 Å². The van der Waals surface area contributed by atoms with Crippen molar-refractivity contribution in [2.45, 2.75) is 13.8 Å². The number of benzene rings is 2. The van der Waals surface area contributed by atoms with Crippen LogP contribution in [0.5, 0.6) is 0 Å². The van der Waals surface area contributed by atoms with Crippen molar-refractivity contribution in [1.82, 2.24) is 10.2 Å². The Morgan fingerprint density at radius 2 is 1.73 bits per heavy atom. The molecule has 0 spiro atoms. The molecule has 0 amide bonds. The van der Waals surface area contributed by atoms with Crippen LogP contribution in [0, 0.1) is 24.0 Å². The van der Waals surface area contributed by atoms with Gasteiger partial charge in [0.2, 0.25) is 11.8 Å². The first kappa shape index (κ1) is 13.9. The molecule has 3 aromatic rings. The van der Waals surface area contributed by atoms with Gasteiger partial charge in [0.25, 0.3) is 5.69 Å². The minimum absolute atomic E-state index is 0.0353. The van der Waals surface area contributed by atoms with Gasteiger partial charge in [-0.15, -0.1) is 10.2 Å². The third-order valence-corrected chi connectivity index (χ3v) is 3.45. The van der Waals surface area contributed by atoms with E-state index < -0.39 is 4.92 Å². The van der Waals surface area contributed by atoms with Gasteiger partial charge in [-0.2, -0.15) is 0 Å². The molecule has 0 unspecified atom stereocenters. The summed E-state index contributed by atoms with van der Waals surface area (Å²) in [6.07, 6.45) is 0. The minimum atomic E-state index is -0.419. The predicted molar refractivity (Wildman–Crippen MR) is 81.3 cm³/mol. The Labute approximate surface area is 126 Å². The van der Waals surface area contributed by atoms with Gasteiger partial charge in [0.05, 0.1) is 4.92 Å². The fourth-order valence-electron chi connectivity index (χ4n) is 2.20. The maximum atomic E-state index is 11.0. The van der Waals surface area contributed by atoms with Crippen LogP contribution in [0.4, 0.5) is 5.69 Å². The number of hydrogen-bond donors (Lipinski definition) is 0. The fourth-order valence-corrected chi connectivity index (χ4v) is 2.20. The molecule has 0 saturated heterocycles. The van der Waals surface area contributed by atoms with Crippen LogP contribution >= 0.6 is 0 Å². The molecule has 0 aliphatic heterocycles. The SMILES string of the molecule is Cc1ccccc1-c1nnc(-c2ccc(C)c([N+](=O)[O-])c2)o1. The number of aryl methyl sites for hydroxylation is 2. The second-order valence-electron chi connectivity index (χ2n) is 4.99. The van der Waals surface area contributed by atoms with Crippen molar-refractivity contribution in [2.24, 2.45) is 0 Å². The van der Waals surface area contributed by atoms with Crippen LogP contribution in [-0.4, -0.2) is 15.1 Å². The molecule has 0 fully saturated rings. The van der Waals surface area contributed by atoms with E-state index in [1.54, 1.807) is 19.1 Å². The van der Waals surface area contributed by atoms with E-state index in [2.05, 4.69) is 10.2 Å². The monoisotopic (exact) mass is 295 g/mol. The molecule has 2 aromatic carbocycles. The van der Waals surface area contributed by atoms with Crippen LogP contribution < -0.4 is 0 Å². The summed E-state index contributed by atoms with van der Waals surface area (Å²) in [6.45, 7) is 3.64. The average molecular weight is 295 g/mol. The van der Waals surface area contributed by atoms with Crippen molar-refractivity contribution in [2.75, 3.05) is 0 Å². The number of rotatable bonds is 3. The highest BCUT2D eigenvalue weighted by molar-refractivity contribution is 5.63. The lowest BCUT2D eigenvalue weighted by atomic mass is 10.1. The summed E-state index contributed by atoms with van der Waals surface area (Å²) in [5.74, 6) is 0.665. The predicted octanol–water partition coefficient (Wildman–Crippen LogP) is 3.93. The van der Waals surface area contributed by atoms with Gasteiger partial charge < -0.3 is 4.42 Å². The Kier molecular flexibility index (Phi) is 3.42. The van der Waals surface area contributed by atoms with E-state index >= 15 is 0 Å². The molecule has 3 rings (SSSR count). The molecule has 0 radical (unpaired) electrons. The highest BCUT2D eigenvalue weighted by atomic mass is 16.6. The third-order valence-electron chi connectivity index (χ3n) is 3.45. The molecular formula is C16H13N3O3. The van der Waals surface area contributed by atoms with Gasteiger partial charge >= 0.3 is 0 Å². The van der Waals surface area contributed by atoms with Gasteiger partial charge in [0.1, 0.15) is 0 Å². The highest BCUT2D eigenvalue weighted by Gasteiger charge is 2.16. The van der Waals surface area contributed by atoms with E-state index in [0.717, 1.165) is 11.1 Å².